The molecule has 0 bridgehead atoms. The molecule has 0 unspecified atom stereocenters. The Morgan fingerprint density at radius 1 is 1.12 bits per heavy atom. The number of carbonyl (C=O) groups is 1. The fraction of sp³-hybridized carbons (Fsp3) is 0. The number of carbonyl (C=O) groups excluding carboxylic acids is 1. The van der Waals surface area contributed by atoms with E-state index in [1.54, 1.807) is 11.4 Å². The standard InChI is InChI=1S/C11H7FO3S2/c12-17(14,15)11-3-1-8(2-4-11)9-5-10(6-13)16-7-9/h1-7H. The third-order valence-electron chi connectivity index (χ3n) is 2.21. The molecule has 1 heterocycles. The van der Waals surface area contributed by atoms with Crippen LogP contribution in [0.2, 0.25) is 0 Å². The molecule has 0 atom stereocenters. The lowest BCUT2D eigenvalue weighted by molar-refractivity contribution is 0.112. The molecule has 1 aromatic heterocycles. The third kappa shape index (κ3) is 2.59. The Morgan fingerprint density at radius 3 is 2.24 bits per heavy atom. The molecule has 0 aliphatic heterocycles. The predicted molar refractivity (Wildman–Crippen MR) is 63.4 cm³/mol. The van der Waals surface area contributed by atoms with Crippen molar-refractivity contribution in [3.63, 3.8) is 0 Å². The second-order valence-electron chi connectivity index (χ2n) is 3.32. The number of aldehydes is 1. The van der Waals surface area contributed by atoms with Gasteiger partial charge in [-0.2, -0.15) is 8.42 Å². The highest BCUT2D eigenvalue weighted by Crippen LogP contribution is 2.26. The molecule has 17 heavy (non-hydrogen) atoms. The van der Waals surface area contributed by atoms with E-state index in [0.717, 1.165) is 17.4 Å². The minimum Gasteiger partial charge on any atom is -0.297 e. The summed E-state index contributed by atoms with van der Waals surface area (Å²) >= 11 is 1.29. The summed E-state index contributed by atoms with van der Waals surface area (Å²) in [7, 11) is -4.65. The zero-order chi connectivity index (χ0) is 12.5. The Kier molecular flexibility index (Phi) is 3.08. The lowest BCUT2D eigenvalue weighted by Gasteiger charge is -1.98. The van der Waals surface area contributed by atoms with Crippen LogP contribution in [-0.4, -0.2) is 14.7 Å². The van der Waals surface area contributed by atoms with Crippen LogP contribution in [0.5, 0.6) is 0 Å². The average molecular weight is 270 g/mol. The first-order chi connectivity index (χ1) is 8.00. The number of rotatable bonds is 3. The van der Waals surface area contributed by atoms with Gasteiger partial charge in [0.15, 0.2) is 6.29 Å². The smallest absolute Gasteiger partial charge is 0.297 e. The topological polar surface area (TPSA) is 51.2 Å². The van der Waals surface area contributed by atoms with Crippen molar-refractivity contribution >= 4 is 27.8 Å². The van der Waals surface area contributed by atoms with Gasteiger partial charge in [-0.05, 0) is 34.7 Å². The van der Waals surface area contributed by atoms with Crippen LogP contribution in [0.15, 0.2) is 40.6 Å². The van der Waals surface area contributed by atoms with E-state index < -0.39 is 10.2 Å². The molecule has 0 spiro atoms. The SMILES string of the molecule is O=Cc1cc(-c2ccc(S(=O)(=O)F)cc2)cs1. The highest BCUT2D eigenvalue weighted by atomic mass is 32.3. The zero-order valence-corrected chi connectivity index (χ0v) is 10.1. The third-order valence-corrected chi connectivity index (χ3v) is 3.90. The Hall–Kier alpha value is -1.53. The number of benzene rings is 1. The highest BCUT2D eigenvalue weighted by Gasteiger charge is 2.11. The van der Waals surface area contributed by atoms with Crippen LogP contribution in [0.4, 0.5) is 3.89 Å². The van der Waals surface area contributed by atoms with Crippen molar-refractivity contribution in [3.8, 4) is 11.1 Å². The quantitative estimate of drug-likeness (QED) is 0.636. The van der Waals surface area contributed by atoms with Crippen LogP contribution in [0, 0.1) is 0 Å². The van der Waals surface area contributed by atoms with Crippen LogP contribution < -0.4 is 0 Å². The summed E-state index contributed by atoms with van der Waals surface area (Å²) in [6, 6.07) is 7.09. The monoisotopic (exact) mass is 270 g/mol. The van der Waals surface area contributed by atoms with Crippen molar-refractivity contribution in [1.82, 2.24) is 0 Å². The Morgan fingerprint density at radius 2 is 1.76 bits per heavy atom. The van der Waals surface area contributed by atoms with E-state index in [1.807, 2.05) is 0 Å². The summed E-state index contributed by atoms with van der Waals surface area (Å²) in [6.07, 6.45) is 0.745. The maximum atomic E-state index is 12.6. The van der Waals surface area contributed by atoms with Gasteiger partial charge in [0, 0.05) is 0 Å². The van der Waals surface area contributed by atoms with Gasteiger partial charge in [-0.1, -0.05) is 12.1 Å². The van der Waals surface area contributed by atoms with Gasteiger partial charge in [-0.15, -0.1) is 15.2 Å². The maximum absolute atomic E-state index is 12.6. The molecule has 6 heteroatoms. The van der Waals surface area contributed by atoms with Gasteiger partial charge in [0.05, 0.1) is 9.77 Å². The normalized spacial score (nSPS) is 11.4. The first kappa shape index (κ1) is 11.9. The van der Waals surface area contributed by atoms with Gasteiger partial charge in [0.1, 0.15) is 0 Å². The second kappa shape index (κ2) is 4.38. The molecule has 0 aliphatic rings. The fourth-order valence-corrected chi connectivity index (χ4v) is 2.55. The average Bonchev–Trinajstić information content (AvgIpc) is 2.76. The number of hydrogen-bond donors (Lipinski definition) is 0. The molecule has 0 saturated carbocycles. The Balaban J connectivity index is 2.38. The largest absolute Gasteiger partial charge is 0.332 e. The molecule has 0 fully saturated rings. The first-order valence-corrected chi connectivity index (χ1v) is 6.86. The molecule has 2 aromatic rings. The summed E-state index contributed by atoms with van der Waals surface area (Å²) in [5, 5.41) is 1.78. The molecule has 1 aromatic carbocycles. The molecule has 0 radical (unpaired) electrons. The van der Waals surface area contributed by atoms with Gasteiger partial charge < -0.3 is 0 Å². The first-order valence-electron chi connectivity index (χ1n) is 4.59. The predicted octanol–water partition coefficient (Wildman–Crippen LogP) is 2.89. The Bertz CT molecular complexity index is 642. The zero-order valence-electron chi connectivity index (χ0n) is 8.46. The second-order valence-corrected chi connectivity index (χ2v) is 5.61. The number of halogens is 1. The summed E-state index contributed by atoms with van der Waals surface area (Å²) in [5.41, 5.74) is 1.54. The molecule has 3 nitrogen and oxygen atoms in total. The van der Waals surface area contributed by atoms with E-state index >= 15 is 0 Å². The number of thiophene rings is 1. The minimum absolute atomic E-state index is 0.368. The van der Waals surface area contributed by atoms with Gasteiger partial charge >= 0.3 is 10.2 Å². The van der Waals surface area contributed by atoms with Crippen LogP contribution in [0.25, 0.3) is 11.1 Å². The van der Waals surface area contributed by atoms with Crippen molar-refractivity contribution in [2.45, 2.75) is 4.90 Å². The van der Waals surface area contributed by atoms with Crippen molar-refractivity contribution < 1.29 is 17.1 Å². The van der Waals surface area contributed by atoms with Gasteiger partial charge in [-0.25, -0.2) is 0 Å². The molecule has 2 rings (SSSR count). The van der Waals surface area contributed by atoms with E-state index in [4.69, 9.17) is 0 Å². The summed E-state index contributed by atoms with van der Waals surface area (Å²) in [5.74, 6) is 0. The van der Waals surface area contributed by atoms with E-state index in [1.165, 1.54) is 35.6 Å². The van der Waals surface area contributed by atoms with Crippen molar-refractivity contribution in [2.75, 3.05) is 0 Å². The van der Waals surface area contributed by atoms with Crippen LogP contribution in [0.1, 0.15) is 9.67 Å². The van der Waals surface area contributed by atoms with Crippen molar-refractivity contribution in [3.05, 3.63) is 40.6 Å². The lowest BCUT2D eigenvalue weighted by Crippen LogP contribution is -1.90. The molecule has 88 valence electrons. The van der Waals surface area contributed by atoms with Gasteiger partial charge in [0.2, 0.25) is 0 Å². The van der Waals surface area contributed by atoms with E-state index in [0.29, 0.717) is 4.88 Å². The molecule has 0 N–H and O–H groups in total. The van der Waals surface area contributed by atoms with E-state index in [-0.39, 0.29) is 4.90 Å². The minimum atomic E-state index is -4.65. The molecular weight excluding hydrogens is 263 g/mol. The molecule has 0 amide bonds. The van der Waals surface area contributed by atoms with Crippen molar-refractivity contribution in [2.24, 2.45) is 0 Å². The number of hydrogen-bond acceptors (Lipinski definition) is 4. The molecular formula is C11H7FO3S2. The van der Waals surface area contributed by atoms with Crippen LogP contribution in [0.3, 0.4) is 0 Å². The summed E-state index contributed by atoms with van der Waals surface area (Å²) in [6.45, 7) is 0. The van der Waals surface area contributed by atoms with Gasteiger partial charge in [-0.3, -0.25) is 4.79 Å². The van der Waals surface area contributed by atoms with Crippen molar-refractivity contribution in [1.29, 1.82) is 0 Å². The Labute approximate surface area is 102 Å². The maximum Gasteiger partial charge on any atom is 0.332 e. The summed E-state index contributed by atoms with van der Waals surface area (Å²) in [4.78, 5) is 10.7. The lowest BCUT2D eigenvalue weighted by atomic mass is 10.1. The molecule has 0 aliphatic carbocycles. The van der Waals surface area contributed by atoms with Crippen LogP contribution >= 0.6 is 11.3 Å². The highest BCUT2D eigenvalue weighted by molar-refractivity contribution is 7.86. The van der Waals surface area contributed by atoms with Crippen LogP contribution in [-0.2, 0) is 10.2 Å². The van der Waals surface area contributed by atoms with E-state index in [2.05, 4.69) is 0 Å². The molecule has 0 saturated heterocycles. The fourth-order valence-electron chi connectivity index (χ4n) is 1.38. The summed E-state index contributed by atoms with van der Waals surface area (Å²) < 4.78 is 33.9. The van der Waals surface area contributed by atoms with E-state index in [9.17, 15) is 17.1 Å². The van der Waals surface area contributed by atoms with Gasteiger partial charge in [0.25, 0.3) is 0 Å².